The number of benzene rings is 1. The highest BCUT2D eigenvalue weighted by atomic mass is 127. The van der Waals surface area contributed by atoms with Gasteiger partial charge in [0.15, 0.2) is 5.96 Å². The fourth-order valence-corrected chi connectivity index (χ4v) is 2.42. The van der Waals surface area contributed by atoms with Gasteiger partial charge in [0.05, 0.1) is 13.2 Å². The van der Waals surface area contributed by atoms with Crippen LogP contribution in [0.5, 0.6) is 5.88 Å². The molecule has 1 aromatic carbocycles. The lowest BCUT2D eigenvalue weighted by atomic mass is 10.1. The van der Waals surface area contributed by atoms with Crippen molar-refractivity contribution in [1.29, 1.82) is 0 Å². The molecular weight excluding hydrogens is 474 g/mol. The second-order valence-corrected chi connectivity index (χ2v) is 5.81. The van der Waals surface area contributed by atoms with Gasteiger partial charge in [-0.05, 0) is 37.1 Å². The Hall–Kier alpha value is -1.94. The maximum Gasteiger partial charge on any atom is 0.218 e. The SMILES string of the molecule is CCNC(=NCc1cccnc1OCCOC)NCCc1cccc(F)c1.I. The van der Waals surface area contributed by atoms with Gasteiger partial charge in [0.25, 0.3) is 0 Å². The molecule has 0 spiro atoms. The van der Waals surface area contributed by atoms with Gasteiger partial charge in [0, 0.05) is 32.0 Å². The third-order valence-electron chi connectivity index (χ3n) is 3.72. The summed E-state index contributed by atoms with van der Waals surface area (Å²) in [6.45, 7) is 4.79. The molecule has 0 saturated heterocycles. The molecule has 0 atom stereocenters. The van der Waals surface area contributed by atoms with E-state index in [-0.39, 0.29) is 29.8 Å². The molecule has 154 valence electrons. The highest BCUT2D eigenvalue weighted by Gasteiger charge is 2.05. The van der Waals surface area contributed by atoms with Crippen LogP contribution in [0, 0.1) is 5.82 Å². The zero-order valence-electron chi connectivity index (χ0n) is 16.3. The maximum absolute atomic E-state index is 13.2. The molecule has 0 amide bonds. The van der Waals surface area contributed by atoms with Gasteiger partial charge in [-0.15, -0.1) is 24.0 Å². The lowest BCUT2D eigenvalue weighted by Gasteiger charge is -2.12. The van der Waals surface area contributed by atoms with Gasteiger partial charge in [0.2, 0.25) is 5.88 Å². The molecule has 0 aliphatic heterocycles. The highest BCUT2D eigenvalue weighted by Crippen LogP contribution is 2.15. The summed E-state index contributed by atoms with van der Waals surface area (Å²) in [7, 11) is 1.63. The number of aliphatic imine (C=N–C) groups is 1. The second kappa shape index (κ2) is 14.1. The van der Waals surface area contributed by atoms with Crippen LogP contribution in [0.3, 0.4) is 0 Å². The van der Waals surface area contributed by atoms with Crippen LogP contribution in [0.15, 0.2) is 47.6 Å². The van der Waals surface area contributed by atoms with Crippen LogP contribution >= 0.6 is 24.0 Å². The molecule has 2 N–H and O–H groups in total. The summed E-state index contributed by atoms with van der Waals surface area (Å²) in [5.41, 5.74) is 1.84. The summed E-state index contributed by atoms with van der Waals surface area (Å²) in [5, 5.41) is 6.47. The molecular formula is C20H28FIN4O2. The van der Waals surface area contributed by atoms with Crippen LogP contribution in [-0.4, -0.2) is 44.4 Å². The quantitative estimate of drug-likeness (QED) is 0.226. The van der Waals surface area contributed by atoms with Gasteiger partial charge < -0.3 is 20.1 Å². The first-order valence-corrected chi connectivity index (χ1v) is 9.05. The second-order valence-electron chi connectivity index (χ2n) is 5.81. The summed E-state index contributed by atoms with van der Waals surface area (Å²) in [4.78, 5) is 8.85. The van der Waals surface area contributed by atoms with E-state index in [4.69, 9.17) is 9.47 Å². The fourth-order valence-electron chi connectivity index (χ4n) is 2.42. The monoisotopic (exact) mass is 502 g/mol. The van der Waals surface area contributed by atoms with Crippen molar-refractivity contribution in [3.05, 3.63) is 59.5 Å². The Bertz CT molecular complexity index is 731. The van der Waals surface area contributed by atoms with Crippen LogP contribution in [0.25, 0.3) is 0 Å². The lowest BCUT2D eigenvalue weighted by molar-refractivity contribution is 0.143. The van der Waals surface area contributed by atoms with E-state index in [2.05, 4.69) is 20.6 Å². The van der Waals surface area contributed by atoms with E-state index in [9.17, 15) is 4.39 Å². The van der Waals surface area contributed by atoms with Gasteiger partial charge in [-0.25, -0.2) is 14.4 Å². The Morgan fingerprint density at radius 1 is 1.18 bits per heavy atom. The number of hydrogen-bond acceptors (Lipinski definition) is 4. The maximum atomic E-state index is 13.2. The molecule has 0 aliphatic carbocycles. The van der Waals surface area contributed by atoms with Gasteiger partial charge in [-0.3, -0.25) is 0 Å². The Morgan fingerprint density at radius 3 is 2.79 bits per heavy atom. The predicted octanol–water partition coefficient (Wildman–Crippen LogP) is 3.16. The number of nitrogens with one attached hydrogen (secondary N) is 2. The summed E-state index contributed by atoms with van der Waals surface area (Å²) in [5.74, 6) is 1.04. The smallest absolute Gasteiger partial charge is 0.218 e. The normalized spacial score (nSPS) is 10.9. The minimum Gasteiger partial charge on any atom is -0.475 e. The van der Waals surface area contributed by atoms with Crippen molar-refractivity contribution in [1.82, 2.24) is 15.6 Å². The van der Waals surface area contributed by atoms with E-state index in [1.54, 1.807) is 25.4 Å². The van der Waals surface area contributed by atoms with E-state index < -0.39 is 0 Å². The number of methoxy groups -OCH3 is 1. The van der Waals surface area contributed by atoms with Crippen LogP contribution in [0.2, 0.25) is 0 Å². The van der Waals surface area contributed by atoms with Crippen LogP contribution in [0.1, 0.15) is 18.1 Å². The molecule has 8 heteroatoms. The zero-order chi connectivity index (χ0) is 19.3. The van der Waals surface area contributed by atoms with Crippen molar-refractivity contribution in [2.45, 2.75) is 19.9 Å². The van der Waals surface area contributed by atoms with E-state index in [1.807, 2.05) is 25.1 Å². The van der Waals surface area contributed by atoms with Crippen molar-refractivity contribution in [2.24, 2.45) is 4.99 Å². The lowest BCUT2D eigenvalue weighted by Crippen LogP contribution is -2.38. The van der Waals surface area contributed by atoms with E-state index in [0.29, 0.717) is 44.6 Å². The van der Waals surface area contributed by atoms with Gasteiger partial charge in [-0.1, -0.05) is 18.2 Å². The number of nitrogens with zero attached hydrogens (tertiary/aromatic N) is 2. The highest BCUT2D eigenvalue weighted by molar-refractivity contribution is 14.0. The van der Waals surface area contributed by atoms with E-state index in [0.717, 1.165) is 17.7 Å². The number of ether oxygens (including phenoxy) is 2. The summed E-state index contributed by atoms with van der Waals surface area (Å²) in [6.07, 6.45) is 2.40. The Balaban J connectivity index is 0.00000392. The van der Waals surface area contributed by atoms with Crippen LogP contribution in [-0.2, 0) is 17.7 Å². The molecule has 1 aromatic heterocycles. The average molecular weight is 502 g/mol. The zero-order valence-corrected chi connectivity index (χ0v) is 18.6. The number of aromatic nitrogens is 1. The first-order chi connectivity index (χ1) is 13.2. The fraction of sp³-hybridized carbons (Fsp3) is 0.400. The minimum atomic E-state index is -0.217. The van der Waals surface area contributed by atoms with Crippen molar-refractivity contribution in [3.63, 3.8) is 0 Å². The topological polar surface area (TPSA) is 67.8 Å². The number of guanidine groups is 1. The van der Waals surface area contributed by atoms with Gasteiger partial charge in [-0.2, -0.15) is 0 Å². The molecule has 2 rings (SSSR count). The summed E-state index contributed by atoms with van der Waals surface area (Å²) < 4.78 is 23.9. The third kappa shape index (κ3) is 8.83. The third-order valence-corrected chi connectivity index (χ3v) is 3.72. The van der Waals surface area contributed by atoms with Crippen molar-refractivity contribution in [2.75, 3.05) is 33.4 Å². The summed E-state index contributed by atoms with van der Waals surface area (Å²) in [6, 6.07) is 10.4. The number of hydrogen-bond donors (Lipinski definition) is 2. The molecule has 6 nitrogen and oxygen atoms in total. The van der Waals surface area contributed by atoms with Crippen molar-refractivity contribution in [3.8, 4) is 5.88 Å². The van der Waals surface area contributed by atoms with Gasteiger partial charge in [0.1, 0.15) is 12.4 Å². The average Bonchev–Trinajstić information content (AvgIpc) is 2.67. The Morgan fingerprint density at radius 2 is 2.04 bits per heavy atom. The van der Waals surface area contributed by atoms with Gasteiger partial charge >= 0.3 is 0 Å². The van der Waals surface area contributed by atoms with Crippen LogP contribution < -0.4 is 15.4 Å². The first kappa shape index (κ1) is 24.1. The standard InChI is InChI=1S/C20H27FN4O2.HI/c1-3-22-20(24-11-9-16-6-4-8-18(21)14-16)25-15-17-7-5-10-23-19(17)27-13-12-26-2;/h4-8,10,14H,3,9,11-13,15H2,1-2H3,(H2,22,24,25);1H. The number of rotatable bonds is 10. The first-order valence-electron chi connectivity index (χ1n) is 9.05. The van der Waals surface area contributed by atoms with Crippen molar-refractivity contribution < 1.29 is 13.9 Å². The molecule has 0 unspecified atom stereocenters. The molecule has 28 heavy (non-hydrogen) atoms. The molecule has 0 fully saturated rings. The number of pyridine rings is 1. The summed E-state index contributed by atoms with van der Waals surface area (Å²) >= 11 is 0. The molecule has 0 radical (unpaired) electrons. The van der Waals surface area contributed by atoms with E-state index in [1.165, 1.54) is 6.07 Å². The Kier molecular flexibility index (Phi) is 12.1. The minimum absolute atomic E-state index is 0. The predicted molar refractivity (Wildman–Crippen MR) is 120 cm³/mol. The van der Waals surface area contributed by atoms with Crippen LogP contribution in [0.4, 0.5) is 4.39 Å². The molecule has 2 aromatic rings. The molecule has 0 bridgehead atoms. The molecule has 0 aliphatic rings. The Labute approximate surface area is 183 Å². The largest absolute Gasteiger partial charge is 0.475 e. The number of halogens is 2. The molecule has 0 saturated carbocycles. The molecule has 1 heterocycles. The van der Waals surface area contributed by atoms with E-state index >= 15 is 0 Å². The van der Waals surface area contributed by atoms with Crippen molar-refractivity contribution >= 4 is 29.9 Å².